The quantitative estimate of drug-likeness (QED) is 0.133. The molecule has 2 aromatic carbocycles. The summed E-state index contributed by atoms with van der Waals surface area (Å²) in [5, 5.41) is 0. The van der Waals surface area contributed by atoms with Crippen LogP contribution >= 0.6 is 0 Å². The summed E-state index contributed by atoms with van der Waals surface area (Å²) in [5.41, 5.74) is 1.37. The lowest BCUT2D eigenvalue weighted by molar-refractivity contribution is 0.0707. The van der Waals surface area contributed by atoms with E-state index in [0.29, 0.717) is 43.4 Å². The molecule has 0 aromatic heterocycles. The molecule has 2 aromatic rings. The molecule has 0 spiro atoms. The van der Waals surface area contributed by atoms with E-state index in [0.717, 1.165) is 18.0 Å². The minimum Gasteiger partial charge on any atom is -0.497 e. The van der Waals surface area contributed by atoms with Crippen molar-refractivity contribution in [1.29, 1.82) is 0 Å². The third-order valence-corrected chi connectivity index (χ3v) is 7.65. The average molecular weight is 460 g/mol. The molecule has 0 aliphatic carbocycles. The van der Waals surface area contributed by atoms with Gasteiger partial charge in [-0.1, -0.05) is 18.2 Å². The summed E-state index contributed by atoms with van der Waals surface area (Å²) in [6.45, 7) is 8.21. The number of hydrogen-bond donors (Lipinski definition) is 0. The average Bonchev–Trinajstić information content (AvgIpc) is 2.80. The number of hydrogen-bond acceptors (Lipinski definition) is 7. The Labute approximate surface area is 191 Å². The minimum absolute atomic E-state index is 0.425. The summed E-state index contributed by atoms with van der Waals surface area (Å²) in [4.78, 5) is 16.8. The maximum absolute atomic E-state index is 12.3. The number of rotatable bonds is 14. The maximum atomic E-state index is 12.3. The highest BCUT2D eigenvalue weighted by molar-refractivity contribution is 6.60. The standard InChI is InChI=1S/C24H33NO6Si/c1-5-28-32(29-6-2,30-7-3)17-9-16-25-19-20-12-14-21(15-13-20)24(26)31-23-11-8-10-22(18-23)27-4/h8,10-15,18-19H,5-7,9,16-17H2,1-4H3/b25-19+. The number of aliphatic imine (C=N–C) groups is 1. The van der Waals surface area contributed by atoms with Crippen molar-refractivity contribution in [3.8, 4) is 11.5 Å². The van der Waals surface area contributed by atoms with Crippen LogP contribution in [0.15, 0.2) is 53.5 Å². The zero-order valence-electron chi connectivity index (χ0n) is 19.3. The molecular weight excluding hydrogens is 426 g/mol. The van der Waals surface area contributed by atoms with E-state index in [1.807, 2.05) is 32.9 Å². The van der Waals surface area contributed by atoms with Crippen LogP contribution < -0.4 is 9.47 Å². The van der Waals surface area contributed by atoms with Gasteiger partial charge in [0.25, 0.3) is 0 Å². The van der Waals surface area contributed by atoms with Gasteiger partial charge in [-0.3, -0.25) is 4.99 Å². The largest absolute Gasteiger partial charge is 0.500 e. The van der Waals surface area contributed by atoms with Crippen LogP contribution in [0.5, 0.6) is 11.5 Å². The van der Waals surface area contributed by atoms with Gasteiger partial charge in [0.15, 0.2) is 0 Å². The van der Waals surface area contributed by atoms with Gasteiger partial charge in [-0.25, -0.2) is 4.79 Å². The number of esters is 1. The molecule has 0 heterocycles. The molecule has 0 aliphatic rings. The summed E-state index contributed by atoms with van der Waals surface area (Å²) >= 11 is 0. The highest BCUT2D eigenvalue weighted by atomic mass is 28.4. The Morgan fingerprint density at radius 1 is 0.938 bits per heavy atom. The number of carbonyl (C=O) groups excluding carboxylic acids is 1. The molecule has 174 valence electrons. The lowest BCUT2D eigenvalue weighted by Crippen LogP contribution is -2.46. The Morgan fingerprint density at radius 2 is 1.56 bits per heavy atom. The first-order valence-corrected chi connectivity index (χ1v) is 12.9. The van der Waals surface area contributed by atoms with Crippen molar-refractivity contribution in [2.45, 2.75) is 33.2 Å². The van der Waals surface area contributed by atoms with Crippen molar-refractivity contribution in [1.82, 2.24) is 0 Å². The second-order valence-electron chi connectivity index (χ2n) is 6.81. The van der Waals surface area contributed by atoms with Crippen LogP contribution in [0.25, 0.3) is 0 Å². The molecule has 8 heteroatoms. The van der Waals surface area contributed by atoms with Gasteiger partial charge in [-0.05, 0) is 57.0 Å². The van der Waals surface area contributed by atoms with Gasteiger partial charge in [-0.15, -0.1) is 0 Å². The van der Waals surface area contributed by atoms with E-state index in [9.17, 15) is 4.79 Å². The predicted molar refractivity (Wildman–Crippen MR) is 127 cm³/mol. The Kier molecular flexibility index (Phi) is 11.1. The van der Waals surface area contributed by atoms with E-state index in [1.54, 1.807) is 49.7 Å². The van der Waals surface area contributed by atoms with E-state index in [4.69, 9.17) is 22.8 Å². The highest BCUT2D eigenvalue weighted by Crippen LogP contribution is 2.20. The van der Waals surface area contributed by atoms with E-state index in [2.05, 4.69) is 4.99 Å². The SMILES string of the molecule is CCO[Si](CCC/N=C/c1ccc(C(=O)Oc2cccc(OC)c2)cc1)(OCC)OCC. The smallest absolute Gasteiger partial charge is 0.497 e. The lowest BCUT2D eigenvalue weighted by Gasteiger charge is -2.28. The Hall–Kier alpha value is -2.52. The predicted octanol–water partition coefficient (Wildman–Crippen LogP) is 4.77. The highest BCUT2D eigenvalue weighted by Gasteiger charge is 2.39. The maximum Gasteiger partial charge on any atom is 0.500 e. The normalized spacial score (nSPS) is 11.6. The van der Waals surface area contributed by atoms with Gasteiger partial charge in [-0.2, -0.15) is 0 Å². The summed E-state index contributed by atoms with van der Waals surface area (Å²) in [6.07, 6.45) is 2.61. The number of nitrogens with zero attached hydrogens (tertiary/aromatic N) is 1. The number of ether oxygens (including phenoxy) is 2. The van der Waals surface area contributed by atoms with Gasteiger partial charge in [0.2, 0.25) is 0 Å². The molecular formula is C24H33NO6Si. The van der Waals surface area contributed by atoms with E-state index < -0.39 is 14.8 Å². The van der Waals surface area contributed by atoms with E-state index >= 15 is 0 Å². The monoisotopic (exact) mass is 459 g/mol. The van der Waals surface area contributed by atoms with Gasteiger partial charge < -0.3 is 22.8 Å². The summed E-state index contributed by atoms with van der Waals surface area (Å²) in [6, 6.07) is 14.8. The summed E-state index contributed by atoms with van der Waals surface area (Å²) in [5.74, 6) is 0.641. The molecule has 2 rings (SSSR count). The summed E-state index contributed by atoms with van der Waals surface area (Å²) in [7, 11) is -1.05. The zero-order chi connectivity index (χ0) is 23.2. The molecule has 0 aliphatic heterocycles. The second-order valence-corrected chi connectivity index (χ2v) is 9.54. The fourth-order valence-electron chi connectivity index (χ4n) is 3.09. The molecule has 0 bridgehead atoms. The lowest BCUT2D eigenvalue weighted by atomic mass is 10.1. The van der Waals surface area contributed by atoms with E-state index in [-0.39, 0.29) is 0 Å². The van der Waals surface area contributed by atoms with Crippen LogP contribution in [0.3, 0.4) is 0 Å². The first-order valence-electron chi connectivity index (χ1n) is 10.9. The topological polar surface area (TPSA) is 75.6 Å². The fraction of sp³-hybridized carbons (Fsp3) is 0.417. The van der Waals surface area contributed by atoms with Crippen molar-refractivity contribution in [3.63, 3.8) is 0 Å². The van der Waals surface area contributed by atoms with E-state index in [1.165, 1.54) is 0 Å². The van der Waals surface area contributed by atoms with Crippen molar-refractivity contribution < 1.29 is 27.5 Å². The third kappa shape index (κ3) is 8.20. The number of carbonyl (C=O) groups is 1. The molecule has 0 unspecified atom stereocenters. The third-order valence-electron chi connectivity index (χ3n) is 4.50. The molecule has 0 N–H and O–H groups in total. The molecule has 0 atom stereocenters. The first-order chi connectivity index (χ1) is 15.6. The van der Waals surface area contributed by atoms with Crippen LogP contribution in [-0.2, 0) is 13.3 Å². The van der Waals surface area contributed by atoms with Crippen LogP contribution in [-0.4, -0.2) is 54.5 Å². The summed E-state index contributed by atoms with van der Waals surface area (Å²) < 4.78 is 28.1. The van der Waals surface area contributed by atoms with Crippen LogP contribution in [0.4, 0.5) is 0 Å². The van der Waals surface area contributed by atoms with Gasteiger partial charge in [0.05, 0.1) is 12.7 Å². The van der Waals surface area contributed by atoms with Crippen molar-refractivity contribution in [2.24, 2.45) is 4.99 Å². The number of methoxy groups -OCH3 is 1. The zero-order valence-corrected chi connectivity index (χ0v) is 20.3. The van der Waals surface area contributed by atoms with Crippen LogP contribution in [0.2, 0.25) is 6.04 Å². The Morgan fingerprint density at radius 3 is 2.16 bits per heavy atom. The number of benzene rings is 2. The molecule has 0 saturated carbocycles. The molecule has 0 saturated heterocycles. The van der Waals surface area contributed by atoms with Gasteiger partial charge in [0, 0.05) is 44.7 Å². The van der Waals surface area contributed by atoms with Crippen LogP contribution in [0.1, 0.15) is 43.1 Å². The molecule has 0 amide bonds. The minimum atomic E-state index is -2.62. The Bertz CT molecular complexity index is 839. The van der Waals surface area contributed by atoms with Gasteiger partial charge in [0.1, 0.15) is 11.5 Å². The fourth-order valence-corrected chi connectivity index (χ4v) is 5.69. The first kappa shape index (κ1) is 25.7. The Balaban J connectivity index is 1.86. The van der Waals surface area contributed by atoms with Gasteiger partial charge >= 0.3 is 14.8 Å². The van der Waals surface area contributed by atoms with Crippen molar-refractivity contribution in [3.05, 3.63) is 59.7 Å². The van der Waals surface area contributed by atoms with Crippen LogP contribution in [0, 0.1) is 0 Å². The molecule has 0 radical (unpaired) electrons. The second kappa shape index (κ2) is 13.8. The molecule has 0 fully saturated rings. The molecule has 7 nitrogen and oxygen atoms in total. The van der Waals surface area contributed by atoms with Crippen molar-refractivity contribution in [2.75, 3.05) is 33.5 Å². The molecule has 32 heavy (non-hydrogen) atoms. The van der Waals surface area contributed by atoms with Crippen molar-refractivity contribution >= 4 is 21.0 Å².